The van der Waals surface area contributed by atoms with Crippen molar-refractivity contribution in [2.24, 2.45) is 11.7 Å². The second-order valence-corrected chi connectivity index (χ2v) is 5.09. The molecular weight excluding hydrogens is 176 g/mol. The summed E-state index contributed by atoms with van der Waals surface area (Å²) in [5.41, 5.74) is 5.84. The summed E-state index contributed by atoms with van der Waals surface area (Å²) >= 11 is 0. The minimum absolute atomic E-state index is 0.145. The number of carbonyl (C=O) groups is 1. The molecule has 0 bridgehead atoms. The van der Waals surface area contributed by atoms with E-state index in [1.807, 2.05) is 0 Å². The van der Waals surface area contributed by atoms with Crippen LogP contribution in [0.25, 0.3) is 0 Å². The summed E-state index contributed by atoms with van der Waals surface area (Å²) in [6.07, 6.45) is 6.27. The predicted molar refractivity (Wildman–Crippen MR) is 55.7 cm³/mol. The molecule has 0 heterocycles. The molecule has 2 saturated carbocycles. The molecular formula is C11H20N2O. The van der Waals surface area contributed by atoms with Crippen LogP contribution in [-0.2, 0) is 4.79 Å². The molecule has 2 fully saturated rings. The van der Waals surface area contributed by atoms with Crippen LogP contribution in [0.5, 0.6) is 0 Å². The highest BCUT2D eigenvalue weighted by molar-refractivity contribution is 5.77. The molecule has 0 aromatic carbocycles. The van der Waals surface area contributed by atoms with Gasteiger partial charge in [-0.05, 0) is 44.9 Å². The van der Waals surface area contributed by atoms with Crippen molar-refractivity contribution < 1.29 is 4.79 Å². The zero-order valence-electron chi connectivity index (χ0n) is 8.88. The minimum Gasteiger partial charge on any atom is -0.353 e. The maximum absolute atomic E-state index is 11.6. The zero-order chi connectivity index (χ0) is 10.2. The van der Waals surface area contributed by atoms with Gasteiger partial charge in [-0.3, -0.25) is 4.79 Å². The van der Waals surface area contributed by atoms with Gasteiger partial charge >= 0.3 is 0 Å². The van der Waals surface area contributed by atoms with Crippen LogP contribution in [0.2, 0.25) is 0 Å². The van der Waals surface area contributed by atoms with E-state index in [4.69, 9.17) is 5.73 Å². The summed E-state index contributed by atoms with van der Waals surface area (Å²) in [7, 11) is 0. The van der Waals surface area contributed by atoms with Crippen molar-refractivity contribution in [1.82, 2.24) is 5.32 Å². The third kappa shape index (κ3) is 2.27. The first-order chi connectivity index (χ1) is 6.59. The van der Waals surface area contributed by atoms with Gasteiger partial charge in [-0.15, -0.1) is 0 Å². The summed E-state index contributed by atoms with van der Waals surface area (Å²) in [5.74, 6) is 0.876. The van der Waals surface area contributed by atoms with Crippen LogP contribution in [0.4, 0.5) is 0 Å². The van der Waals surface area contributed by atoms with E-state index in [9.17, 15) is 4.79 Å². The normalized spacial score (nSPS) is 26.4. The van der Waals surface area contributed by atoms with Gasteiger partial charge in [0.05, 0.1) is 0 Å². The maximum atomic E-state index is 11.6. The second kappa shape index (κ2) is 3.54. The van der Waals surface area contributed by atoms with Gasteiger partial charge in [-0.2, -0.15) is 0 Å². The van der Waals surface area contributed by atoms with Crippen molar-refractivity contribution >= 4 is 5.91 Å². The molecule has 3 heteroatoms. The van der Waals surface area contributed by atoms with E-state index in [2.05, 4.69) is 12.2 Å². The van der Waals surface area contributed by atoms with Crippen LogP contribution in [0.15, 0.2) is 0 Å². The summed E-state index contributed by atoms with van der Waals surface area (Å²) in [6.45, 7) is 2.10. The first-order valence-electron chi connectivity index (χ1n) is 5.67. The minimum atomic E-state index is -0.173. The molecule has 0 spiro atoms. The van der Waals surface area contributed by atoms with Gasteiger partial charge < -0.3 is 11.1 Å². The van der Waals surface area contributed by atoms with Crippen LogP contribution in [0.1, 0.15) is 45.4 Å². The van der Waals surface area contributed by atoms with Crippen molar-refractivity contribution in [2.75, 3.05) is 0 Å². The molecule has 1 amide bonds. The van der Waals surface area contributed by atoms with Crippen LogP contribution in [-0.4, -0.2) is 17.5 Å². The SMILES string of the molecule is CC(NC(=O)CC1(N)CCC1)C1CC1. The summed E-state index contributed by atoms with van der Waals surface area (Å²) in [5, 5.41) is 3.05. The smallest absolute Gasteiger partial charge is 0.222 e. The van der Waals surface area contributed by atoms with Crippen LogP contribution < -0.4 is 11.1 Å². The van der Waals surface area contributed by atoms with Gasteiger partial charge in [-0.1, -0.05) is 0 Å². The Hall–Kier alpha value is -0.570. The molecule has 1 unspecified atom stereocenters. The lowest BCUT2D eigenvalue weighted by atomic mass is 9.75. The van der Waals surface area contributed by atoms with Crippen molar-refractivity contribution in [3.05, 3.63) is 0 Å². The molecule has 0 aliphatic heterocycles. The first kappa shape index (κ1) is 9.97. The van der Waals surface area contributed by atoms with E-state index >= 15 is 0 Å². The van der Waals surface area contributed by atoms with E-state index < -0.39 is 0 Å². The number of hydrogen-bond acceptors (Lipinski definition) is 2. The highest BCUT2D eigenvalue weighted by atomic mass is 16.1. The van der Waals surface area contributed by atoms with Crippen molar-refractivity contribution in [3.8, 4) is 0 Å². The van der Waals surface area contributed by atoms with Gasteiger partial charge in [-0.25, -0.2) is 0 Å². The quantitative estimate of drug-likeness (QED) is 0.709. The number of hydrogen-bond donors (Lipinski definition) is 2. The first-order valence-corrected chi connectivity index (χ1v) is 5.67. The van der Waals surface area contributed by atoms with E-state index in [1.54, 1.807) is 0 Å². The van der Waals surface area contributed by atoms with Crippen molar-refractivity contribution in [3.63, 3.8) is 0 Å². The Bertz CT molecular complexity index is 231. The number of nitrogens with one attached hydrogen (secondary N) is 1. The second-order valence-electron chi connectivity index (χ2n) is 5.09. The van der Waals surface area contributed by atoms with Crippen molar-refractivity contribution in [1.29, 1.82) is 0 Å². The molecule has 2 rings (SSSR count). The lowest BCUT2D eigenvalue weighted by Crippen LogP contribution is -2.51. The van der Waals surface area contributed by atoms with Crippen LogP contribution in [0.3, 0.4) is 0 Å². The summed E-state index contributed by atoms with van der Waals surface area (Å²) in [4.78, 5) is 11.6. The average molecular weight is 196 g/mol. The van der Waals surface area contributed by atoms with E-state index in [0.29, 0.717) is 12.5 Å². The number of carbonyl (C=O) groups excluding carboxylic acids is 1. The van der Waals surface area contributed by atoms with Crippen LogP contribution >= 0.6 is 0 Å². The summed E-state index contributed by atoms with van der Waals surface area (Å²) in [6, 6.07) is 0.353. The Morgan fingerprint density at radius 1 is 1.57 bits per heavy atom. The van der Waals surface area contributed by atoms with E-state index in [-0.39, 0.29) is 11.4 Å². The van der Waals surface area contributed by atoms with Gasteiger partial charge in [0, 0.05) is 18.0 Å². The Morgan fingerprint density at radius 3 is 2.64 bits per heavy atom. The fourth-order valence-electron chi connectivity index (χ4n) is 2.15. The fraction of sp³-hybridized carbons (Fsp3) is 0.909. The lowest BCUT2D eigenvalue weighted by molar-refractivity contribution is -0.123. The monoisotopic (exact) mass is 196 g/mol. The topological polar surface area (TPSA) is 55.1 Å². The number of nitrogens with two attached hydrogens (primary N) is 1. The highest BCUT2D eigenvalue weighted by Gasteiger charge is 2.36. The molecule has 2 aliphatic carbocycles. The van der Waals surface area contributed by atoms with Crippen LogP contribution in [0, 0.1) is 5.92 Å². The third-order valence-electron chi connectivity index (χ3n) is 3.58. The molecule has 80 valence electrons. The highest BCUT2D eigenvalue weighted by Crippen LogP contribution is 2.34. The number of rotatable bonds is 4. The molecule has 0 aromatic heterocycles. The van der Waals surface area contributed by atoms with Gasteiger partial charge in [0.2, 0.25) is 5.91 Å². The lowest BCUT2D eigenvalue weighted by Gasteiger charge is -2.37. The van der Waals surface area contributed by atoms with Gasteiger partial charge in [0.1, 0.15) is 0 Å². The molecule has 2 aliphatic rings. The van der Waals surface area contributed by atoms with Crippen molar-refractivity contribution in [2.45, 2.75) is 57.0 Å². The largest absolute Gasteiger partial charge is 0.353 e. The Morgan fingerprint density at radius 2 is 2.21 bits per heavy atom. The molecule has 14 heavy (non-hydrogen) atoms. The Balaban J connectivity index is 1.72. The standard InChI is InChI=1S/C11H20N2O/c1-8(9-3-4-9)13-10(14)7-11(12)5-2-6-11/h8-9H,2-7,12H2,1H3,(H,13,14). The predicted octanol–water partition coefficient (Wildman–Crippen LogP) is 1.17. The number of amides is 1. The third-order valence-corrected chi connectivity index (χ3v) is 3.58. The van der Waals surface area contributed by atoms with E-state index in [1.165, 1.54) is 19.3 Å². The molecule has 0 aromatic rings. The molecule has 1 atom stereocenters. The molecule has 3 nitrogen and oxygen atoms in total. The Labute approximate surface area is 85.4 Å². The molecule has 0 saturated heterocycles. The molecule has 3 N–H and O–H groups in total. The average Bonchev–Trinajstić information content (AvgIpc) is 2.82. The van der Waals surface area contributed by atoms with Gasteiger partial charge in [0.25, 0.3) is 0 Å². The molecule has 0 radical (unpaired) electrons. The van der Waals surface area contributed by atoms with Gasteiger partial charge in [0.15, 0.2) is 0 Å². The fourth-order valence-corrected chi connectivity index (χ4v) is 2.15. The maximum Gasteiger partial charge on any atom is 0.222 e. The summed E-state index contributed by atoms with van der Waals surface area (Å²) < 4.78 is 0. The Kier molecular flexibility index (Phi) is 2.52. The zero-order valence-corrected chi connectivity index (χ0v) is 8.88. The van der Waals surface area contributed by atoms with E-state index in [0.717, 1.165) is 18.8 Å².